The molecular formula is C23H19FN4O6. The van der Waals surface area contributed by atoms with Crippen molar-refractivity contribution >= 4 is 34.8 Å². The molecule has 1 spiro atoms. The number of benzene rings is 2. The topological polar surface area (TPSA) is 122 Å². The van der Waals surface area contributed by atoms with Crippen molar-refractivity contribution in [3.8, 4) is 5.75 Å². The van der Waals surface area contributed by atoms with E-state index in [2.05, 4.69) is 5.32 Å². The zero-order valence-corrected chi connectivity index (χ0v) is 18.0. The summed E-state index contributed by atoms with van der Waals surface area (Å²) in [5.74, 6) is -3.97. The summed E-state index contributed by atoms with van der Waals surface area (Å²) < 4.78 is 19.6. The van der Waals surface area contributed by atoms with Crippen molar-refractivity contribution in [3.63, 3.8) is 0 Å². The fraction of sp³-hybridized carbons (Fsp3) is 0.348. The Kier molecular flexibility index (Phi) is 4.16. The molecule has 4 aliphatic rings. The van der Waals surface area contributed by atoms with Gasteiger partial charge in [0.1, 0.15) is 17.1 Å². The predicted octanol–water partition coefficient (Wildman–Crippen LogP) is 2.17. The van der Waals surface area contributed by atoms with Crippen molar-refractivity contribution in [2.45, 2.75) is 24.4 Å². The number of hydrogen-bond donors (Lipinski definition) is 1. The van der Waals surface area contributed by atoms with Gasteiger partial charge in [0.2, 0.25) is 17.7 Å². The maximum atomic E-state index is 14.3. The van der Waals surface area contributed by atoms with Gasteiger partial charge in [-0.1, -0.05) is 0 Å². The van der Waals surface area contributed by atoms with Crippen LogP contribution >= 0.6 is 0 Å². The summed E-state index contributed by atoms with van der Waals surface area (Å²) >= 11 is 0. The summed E-state index contributed by atoms with van der Waals surface area (Å²) in [6.07, 6.45) is 1.35. The first kappa shape index (κ1) is 20.7. The highest BCUT2D eigenvalue weighted by Gasteiger charge is 2.74. The SMILES string of the molecule is COc1cc([N+](=O)[O-])ccc1N1C(=O)C2C3CCCN3C3(C(=O)Nc4ccc(F)cc43)C2C1=O. The van der Waals surface area contributed by atoms with E-state index in [1.807, 2.05) is 4.90 Å². The first-order valence-electron chi connectivity index (χ1n) is 10.9. The number of nitro groups is 1. The van der Waals surface area contributed by atoms with Crippen LogP contribution in [0.3, 0.4) is 0 Å². The van der Waals surface area contributed by atoms with E-state index in [-0.39, 0.29) is 23.2 Å². The van der Waals surface area contributed by atoms with Crippen molar-refractivity contribution in [2.24, 2.45) is 11.8 Å². The highest BCUT2D eigenvalue weighted by atomic mass is 19.1. The van der Waals surface area contributed by atoms with Crippen LogP contribution in [0.5, 0.6) is 5.75 Å². The third kappa shape index (κ3) is 2.34. The van der Waals surface area contributed by atoms with Gasteiger partial charge in [-0.3, -0.25) is 29.4 Å². The van der Waals surface area contributed by atoms with E-state index < -0.39 is 45.8 Å². The van der Waals surface area contributed by atoms with Gasteiger partial charge >= 0.3 is 0 Å². The molecule has 0 aromatic heterocycles. The molecule has 4 unspecified atom stereocenters. The minimum atomic E-state index is -1.50. The molecule has 3 amide bonds. The molecule has 4 heterocycles. The Morgan fingerprint density at radius 3 is 2.71 bits per heavy atom. The van der Waals surface area contributed by atoms with Crippen molar-refractivity contribution in [3.05, 3.63) is 57.9 Å². The van der Waals surface area contributed by atoms with Crippen molar-refractivity contribution < 1.29 is 28.4 Å². The number of nitrogens with one attached hydrogen (secondary N) is 1. The van der Waals surface area contributed by atoms with E-state index in [4.69, 9.17) is 4.74 Å². The highest BCUT2D eigenvalue weighted by molar-refractivity contribution is 6.26. The zero-order chi connectivity index (χ0) is 23.9. The molecule has 0 aliphatic carbocycles. The number of imide groups is 1. The maximum Gasteiger partial charge on any atom is 0.273 e. The van der Waals surface area contributed by atoms with Gasteiger partial charge < -0.3 is 10.1 Å². The Balaban J connectivity index is 1.53. The number of anilines is 2. The minimum absolute atomic E-state index is 0.00415. The fourth-order valence-corrected chi connectivity index (χ4v) is 6.38. The Bertz CT molecular complexity index is 1310. The van der Waals surface area contributed by atoms with E-state index >= 15 is 0 Å². The standard InChI is InChI=1S/C23H19FN4O6/c1-34-17-10-12(28(32)33)5-7-15(17)27-20(29)18-16-3-2-8-26(16)23(19(18)21(27)30)13-9-11(24)4-6-14(13)25-22(23)31/h4-7,9-10,16,18-19H,2-3,8H2,1H3,(H,25,31). The van der Waals surface area contributed by atoms with Gasteiger partial charge in [-0.25, -0.2) is 9.29 Å². The van der Waals surface area contributed by atoms with Gasteiger partial charge in [0.25, 0.3) is 5.69 Å². The average molecular weight is 466 g/mol. The molecule has 4 atom stereocenters. The summed E-state index contributed by atoms with van der Waals surface area (Å²) in [7, 11) is 1.29. The van der Waals surface area contributed by atoms with Crippen LogP contribution in [0.25, 0.3) is 0 Å². The molecular weight excluding hydrogens is 447 g/mol. The second-order valence-corrected chi connectivity index (χ2v) is 8.94. The van der Waals surface area contributed by atoms with Crippen LogP contribution in [0.1, 0.15) is 18.4 Å². The maximum absolute atomic E-state index is 14.3. The van der Waals surface area contributed by atoms with Gasteiger partial charge in [0, 0.05) is 23.4 Å². The number of nitro benzene ring substituents is 1. The molecule has 1 N–H and O–H groups in total. The summed E-state index contributed by atoms with van der Waals surface area (Å²) in [4.78, 5) is 54.7. The van der Waals surface area contributed by atoms with Gasteiger partial charge in [-0.2, -0.15) is 0 Å². The van der Waals surface area contributed by atoms with Gasteiger partial charge in [-0.15, -0.1) is 0 Å². The van der Waals surface area contributed by atoms with Crippen LogP contribution in [-0.4, -0.2) is 47.2 Å². The number of carbonyl (C=O) groups is 3. The fourth-order valence-electron chi connectivity index (χ4n) is 6.38. The predicted molar refractivity (Wildman–Crippen MR) is 116 cm³/mol. The molecule has 3 saturated heterocycles. The second kappa shape index (κ2) is 6.83. The zero-order valence-electron chi connectivity index (χ0n) is 18.0. The summed E-state index contributed by atoms with van der Waals surface area (Å²) in [6.45, 7) is 0.502. The lowest BCUT2D eigenvalue weighted by molar-refractivity contribution is -0.384. The molecule has 10 nitrogen and oxygen atoms in total. The number of halogens is 1. The van der Waals surface area contributed by atoms with Crippen LogP contribution < -0.4 is 15.0 Å². The number of rotatable bonds is 3. The number of amides is 3. The van der Waals surface area contributed by atoms with Crippen LogP contribution in [0.4, 0.5) is 21.5 Å². The first-order valence-corrected chi connectivity index (χ1v) is 10.9. The number of methoxy groups -OCH3 is 1. The van der Waals surface area contributed by atoms with Crippen molar-refractivity contribution in [1.29, 1.82) is 0 Å². The molecule has 34 heavy (non-hydrogen) atoms. The molecule has 4 aliphatic heterocycles. The van der Waals surface area contributed by atoms with Crippen LogP contribution in [-0.2, 0) is 19.9 Å². The quantitative estimate of drug-likeness (QED) is 0.418. The molecule has 0 radical (unpaired) electrons. The highest BCUT2D eigenvalue weighted by Crippen LogP contribution is 2.61. The monoisotopic (exact) mass is 466 g/mol. The summed E-state index contributed by atoms with van der Waals surface area (Å²) in [5, 5.41) is 14.0. The first-order chi connectivity index (χ1) is 16.3. The number of carbonyl (C=O) groups excluding carboxylic acids is 3. The van der Waals surface area contributed by atoms with Crippen LogP contribution in [0.15, 0.2) is 36.4 Å². The lowest BCUT2D eigenvalue weighted by atomic mass is 9.75. The molecule has 174 valence electrons. The number of hydrogen-bond acceptors (Lipinski definition) is 7. The van der Waals surface area contributed by atoms with Gasteiger partial charge in [-0.05, 0) is 43.7 Å². The van der Waals surface area contributed by atoms with E-state index in [0.717, 1.165) is 17.4 Å². The molecule has 6 rings (SSSR count). The van der Waals surface area contributed by atoms with E-state index in [1.165, 1.54) is 37.4 Å². The Hall–Kier alpha value is -3.86. The molecule has 2 aromatic carbocycles. The largest absolute Gasteiger partial charge is 0.494 e. The molecule has 3 fully saturated rings. The van der Waals surface area contributed by atoms with Gasteiger partial charge in [0.15, 0.2) is 0 Å². The molecule has 11 heteroatoms. The Morgan fingerprint density at radius 1 is 1.18 bits per heavy atom. The second-order valence-electron chi connectivity index (χ2n) is 8.94. The van der Waals surface area contributed by atoms with Crippen LogP contribution in [0.2, 0.25) is 0 Å². The van der Waals surface area contributed by atoms with Crippen molar-refractivity contribution in [2.75, 3.05) is 23.9 Å². The molecule has 2 aromatic rings. The number of ether oxygens (including phenoxy) is 1. The van der Waals surface area contributed by atoms with Crippen molar-refractivity contribution in [1.82, 2.24) is 4.90 Å². The molecule has 0 saturated carbocycles. The Morgan fingerprint density at radius 2 is 1.97 bits per heavy atom. The number of fused-ring (bicyclic) bond motifs is 7. The lowest BCUT2D eigenvalue weighted by Gasteiger charge is -2.36. The van der Waals surface area contributed by atoms with Gasteiger partial charge in [0.05, 0.1) is 35.6 Å². The smallest absolute Gasteiger partial charge is 0.273 e. The van der Waals surface area contributed by atoms with E-state index in [0.29, 0.717) is 24.2 Å². The summed E-state index contributed by atoms with van der Waals surface area (Å²) in [5.41, 5.74) is -0.897. The van der Waals surface area contributed by atoms with Crippen LogP contribution in [0, 0.1) is 27.8 Å². The average Bonchev–Trinajstić information content (AvgIpc) is 3.52. The third-order valence-electron chi connectivity index (χ3n) is 7.57. The van der Waals surface area contributed by atoms with E-state index in [9.17, 15) is 28.9 Å². The normalized spacial score (nSPS) is 29.4. The molecule has 0 bridgehead atoms. The lowest BCUT2D eigenvalue weighted by Crippen LogP contribution is -2.54. The minimum Gasteiger partial charge on any atom is -0.494 e. The Labute approximate surface area is 192 Å². The number of nitrogens with zero attached hydrogens (tertiary/aromatic N) is 3. The number of non-ortho nitro benzene ring substituents is 1. The third-order valence-corrected chi connectivity index (χ3v) is 7.57. The summed E-state index contributed by atoms with van der Waals surface area (Å²) in [6, 6.07) is 7.24. The van der Waals surface area contributed by atoms with E-state index in [1.54, 1.807) is 0 Å².